The van der Waals surface area contributed by atoms with Crippen molar-refractivity contribution in [3.05, 3.63) is 95.2 Å². The number of halogens is 2. The summed E-state index contributed by atoms with van der Waals surface area (Å²) < 4.78 is 29.4. The third kappa shape index (κ3) is 6.06. The fourth-order valence-electron chi connectivity index (χ4n) is 4.33. The minimum absolute atomic E-state index is 0.0763. The number of methoxy groups -OCH3 is 1. The summed E-state index contributed by atoms with van der Waals surface area (Å²) in [4.78, 5) is 11.5. The van der Waals surface area contributed by atoms with Crippen molar-refractivity contribution in [2.45, 2.75) is 26.0 Å². The Morgan fingerprint density at radius 3 is 2.55 bits per heavy atom. The molecule has 1 N–H and O–H groups in total. The molecule has 0 radical (unpaired) electrons. The lowest BCUT2D eigenvalue weighted by Gasteiger charge is -2.19. The second-order valence-corrected chi connectivity index (χ2v) is 9.89. The average Bonchev–Trinajstić information content (AvgIpc) is 3.69. The molecule has 42 heavy (non-hydrogen) atoms. The van der Waals surface area contributed by atoms with Crippen molar-refractivity contribution in [1.82, 2.24) is 30.0 Å². The van der Waals surface area contributed by atoms with Crippen molar-refractivity contribution in [2.75, 3.05) is 19.0 Å². The molecule has 0 fully saturated rings. The molecular weight excluding hydrogens is 567 g/mol. The molecule has 0 saturated carbocycles. The number of benzene rings is 2. The van der Waals surface area contributed by atoms with Crippen LogP contribution in [0.2, 0.25) is 5.02 Å². The van der Waals surface area contributed by atoms with Gasteiger partial charge in [-0.15, -0.1) is 5.10 Å². The quantitative estimate of drug-likeness (QED) is 0.190. The number of tetrazole rings is 1. The van der Waals surface area contributed by atoms with E-state index in [1.807, 2.05) is 26.0 Å². The van der Waals surface area contributed by atoms with Gasteiger partial charge in [-0.2, -0.15) is 14.5 Å². The number of aromatic nitrogens is 7. The number of carbonyl (C=O) groups excluding carboxylic acids is 1. The number of pyridine rings is 1. The van der Waals surface area contributed by atoms with E-state index in [0.29, 0.717) is 21.8 Å². The number of nitrogens with one attached hydrogen (secondary N) is 1. The van der Waals surface area contributed by atoms with Crippen molar-refractivity contribution in [1.29, 1.82) is 0 Å². The minimum atomic E-state index is -0.707. The first kappa shape index (κ1) is 28.6. The number of hydrogen-bond acceptors (Lipinski definition) is 8. The molecule has 0 aliphatic rings. The van der Waals surface area contributed by atoms with Crippen LogP contribution in [0.4, 0.5) is 14.9 Å². The summed E-state index contributed by atoms with van der Waals surface area (Å²) in [6.45, 7) is 3.95. The van der Waals surface area contributed by atoms with Crippen LogP contribution < -0.4 is 10.0 Å². The SMILES string of the molecule is COC(=O)Nc1ccc(-c2cnn(C(COC(C)C)c3ccc(-c4c(-n5cnnn5)ccc(Cl)c4F)c[n+]3[O-])c2)cc1. The second-order valence-electron chi connectivity index (χ2n) is 9.48. The number of anilines is 1. The van der Waals surface area contributed by atoms with Gasteiger partial charge in [0.2, 0.25) is 5.69 Å². The molecule has 1 unspecified atom stereocenters. The highest BCUT2D eigenvalue weighted by Gasteiger charge is 2.26. The molecule has 5 aromatic rings. The van der Waals surface area contributed by atoms with Gasteiger partial charge in [0.15, 0.2) is 18.1 Å². The van der Waals surface area contributed by atoms with Crippen LogP contribution in [0, 0.1) is 11.0 Å². The van der Waals surface area contributed by atoms with Crippen molar-refractivity contribution in [3.63, 3.8) is 0 Å². The molecule has 14 heteroatoms. The lowest BCUT2D eigenvalue weighted by Crippen LogP contribution is -2.37. The highest BCUT2D eigenvalue weighted by molar-refractivity contribution is 6.31. The van der Waals surface area contributed by atoms with E-state index in [9.17, 15) is 10.0 Å². The van der Waals surface area contributed by atoms with E-state index in [1.165, 1.54) is 30.4 Å². The summed E-state index contributed by atoms with van der Waals surface area (Å²) in [5, 5.41) is 31.6. The number of nitrogens with zero attached hydrogens (tertiary/aromatic N) is 7. The predicted octanol–water partition coefficient (Wildman–Crippen LogP) is 4.81. The van der Waals surface area contributed by atoms with Gasteiger partial charge in [-0.05, 0) is 60.2 Å². The molecule has 216 valence electrons. The molecule has 0 saturated heterocycles. The van der Waals surface area contributed by atoms with Gasteiger partial charge in [-0.25, -0.2) is 9.18 Å². The molecule has 12 nitrogen and oxygen atoms in total. The third-order valence-corrected chi connectivity index (χ3v) is 6.69. The number of ether oxygens (including phenoxy) is 2. The Labute approximate surface area is 244 Å². The highest BCUT2D eigenvalue weighted by atomic mass is 35.5. The molecule has 0 spiro atoms. The van der Waals surface area contributed by atoms with Crippen LogP contribution in [0.3, 0.4) is 0 Å². The molecular formula is C28H26ClFN8O4. The van der Waals surface area contributed by atoms with Gasteiger partial charge in [0, 0.05) is 23.5 Å². The smallest absolute Gasteiger partial charge is 0.411 e. The first-order chi connectivity index (χ1) is 20.2. The maximum atomic E-state index is 15.3. The monoisotopic (exact) mass is 592 g/mol. The Morgan fingerprint density at radius 1 is 1.12 bits per heavy atom. The number of carbonyl (C=O) groups is 1. The van der Waals surface area contributed by atoms with Crippen LogP contribution in [0.15, 0.2) is 73.4 Å². The zero-order valence-corrected chi connectivity index (χ0v) is 23.6. The Bertz CT molecular complexity index is 1690. The molecule has 3 heterocycles. The first-order valence-electron chi connectivity index (χ1n) is 12.8. The summed E-state index contributed by atoms with van der Waals surface area (Å²) in [5.41, 5.74) is 3.22. The summed E-state index contributed by atoms with van der Waals surface area (Å²) in [7, 11) is 1.29. The Balaban J connectivity index is 1.49. The van der Waals surface area contributed by atoms with Gasteiger partial charge in [0.1, 0.15) is 6.33 Å². The van der Waals surface area contributed by atoms with Crippen LogP contribution in [0.25, 0.3) is 27.9 Å². The number of rotatable bonds is 9. The van der Waals surface area contributed by atoms with Crippen molar-refractivity contribution in [2.24, 2.45) is 0 Å². The average molecular weight is 593 g/mol. The highest BCUT2D eigenvalue weighted by Crippen LogP contribution is 2.33. The predicted molar refractivity (Wildman–Crippen MR) is 151 cm³/mol. The van der Waals surface area contributed by atoms with Gasteiger partial charge in [0.25, 0.3) is 0 Å². The minimum Gasteiger partial charge on any atom is -0.618 e. The van der Waals surface area contributed by atoms with Crippen LogP contribution >= 0.6 is 11.6 Å². The largest absolute Gasteiger partial charge is 0.618 e. The van der Waals surface area contributed by atoms with Gasteiger partial charge in [0.05, 0.1) is 47.9 Å². The van der Waals surface area contributed by atoms with E-state index in [1.54, 1.807) is 47.4 Å². The Morgan fingerprint density at radius 2 is 1.88 bits per heavy atom. The standard InChI is InChI=1S/C28H26ClFN8O4/c1-17(2)42-15-25(36-13-20(12-32-36)18-4-7-21(8-5-18)33-28(39)41-3)23-10-6-19(14-38(23)40)26-24(37-16-31-34-35-37)11-9-22(29)27(26)30/h4-14,16-17,25H,15H2,1-3H3,(H,33,39). The summed E-state index contributed by atoms with van der Waals surface area (Å²) in [5.74, 6) is -0.707. The fourth-order valence-corrected chi connectivity index (χ4v) is 4.49. The van der Waals surface area contributed by atoms with E-state index in [2.05, 4.69) is 30.7 Å². The van der Waals surface area contributed by atoms with Crippen LogP contribution in [0.1, 0.15) is 25.6 Å². The van der Waals surface area contributed by atoms with Crippen LogP contribution in [-0.4, -0.2) is 55.9 Å². The molecule has 3 aromatic heterocycles. The van der Waals surface area contributed by atoms with Crippen molar-refractivity contribution in [3.8, 4) is 27.9 Å². The van der Waals surface area contributed by atoms with Crippen molar-refractivity contribution >= 4 is 23.4 Å². The van der Waals surface area contributed by atoms with E-state index in [4.69, 9.17) is 16.3 Å². The fraction of sp³-hybridized carbons (Fsp3) is 0.214. The van der Waals surface area contributed by atoms with E-state index >= 15 is 4.39 Å². The third-order valence-electron chi connectivity index (χ3n) is 6.40. The topological polar surface area (TPSA) is 136 Å². The Hall–Kier alpha value is -4.88. The maximum absolute atomic E-state index is 15.3. The molecule has 0 aliphatic carbocycles. The zero-order chi connectivity index (χ0) is 29.8. The van der Waals surface area contributed by atoms with Gasteiger partial charge in [-0.1, -0.05) is 23.7 Å². The molecule has 2 aromatic carbocycles. The normalized spacial score (nSPS) is 12.0. The molecule has 1 atom stereocenters. The zero-order valence-electron chi connectivity index (χ0n) is 22.8. The Kier molecular flexibility index (Phi) is 8.41. The summed E-state index contributed by atoms with van der Waals surface area (Å²) >= 11 is 6.09. The van der Waals surface area contributed by atoms with Gasteiger partial charge in [-0.3, -0.25) is 10.00 Å². The van der Waals surface area contributed by atoms with Crippen LogP contribution in [-0.2, 0) is 9.47 Å². The second kappa shape index (κ2) is 12.3. The lowest BCUT2D eigenvalue weighted by molar-refractivity contribution is -0.615. The van der Waals surface area contributed by atoms with E-state index in [0.717, 1.165) is 11.1 Å². The molecule has 0 bridgehead atoms. The number of amides is 1. The summed E-state index contributed by atoms with van der Waals surface area (Å²) in [6.07, 6.45) is 5.41. The summed E-state index contributed by atoms with van der Waals surface area (Å²) in [6, 6.07) is 12.8. The van der Waals surface area contributed by atoms with Gasteiger partial charge < -0.3 is 14.7 Å². The molecule has 1 amide bonds. The van der Waals surface area contributed by atoms with Crippen LogP contribution in [0.5, 0.6) is 0 Å². The molecule has 0 aliphatic heterocycles. The first-order valence-corrected chi connectivity index (χ1v) is 13.2. The molecule has 5 rings (SSSR count). The van der Waals surface area contributed by atoms with Gasteiger partial charge >= 0.3 is 6.09 Å². The lowest BCUT2D eigenvalue weighted by atomic mass is 10.0. The number of hydrogen-bond donors (Lipinski definition) is 1. The van der Waals surface area contributed by atoms with E-state index < -0.39 is 18.0 Å². The van der Waals surface area contributed by atoms with Crippen molar-refractivity contribution < 1.29 is 23.4 Å². The van der Waals surface area contributed by atoms with E-state index in [-0.39, 0.29) is 28.9 Å². The maximum Gasteiger partial charge on any atom is 0.411 e.